The number of benzene rings is 7. The van der Waals surface area contributed by atoms with Crippen LogP contribution in [0.5, 0.6) is 0 Å². The van der Waals surface area contributed by atoms with E-state index in [0.717, 1.165) is 81.5 Å². The fourth-order valence-corrected chi connectivity index (χ4v) is 9.54. The third-order valence-corrected chi connectivity index (χ3v) is 11.7. The molecule has 0 N–H and O–H groups in total. The van der Waals surface area contributed by atoms with Gasteiger partial charge in [-0.1, -0.05) is 110 Å². The summed E-state index contributed by atoms with van der Waals surface area (Å²) in [6.07, 6.45) is 0. The van der Waals surface area contributed by atoms with Crippen LogP contribution in [0.4, 0.5) is 42.9 Å². The fraction of sp³-hybridized carbons (Fsp3) is 0.0667. The highest BCUT2D eigenvalue weighted by molar-refractivity contribution is 8.00. The molecule has 0 fully saturated rings. The van der Waals surface area contributed by atoms with E-state index < -0.39 is 0 Å². The molecule has 2 aliphatic heterocycles. The highest BCUT2D eigenvalue weighted by Gasteiger charge is 2.34. The molecule has 7 aromatic carbocycles. The molecule has 0 unspecified atom stereocenters. The summed E-state index contributed by atoms with van der Waals surface area (Å²) in [6, 6.07) is 49.8. The SMILES string of the molecule is CC(C)c1c(-c2cccc(F)c2)c(N2c3ccccc3Sc3ccccc32)cc(N2c3ccccc3Sc3ccccc32)c1-c1cccc(F)c1. The smallest absolute Gasteiger partial charge is 0.123 e. The van der Waals surface area contributed by atoms with Crippen LogP contribution in [0.1, 0.15) is 25.3 Å². The first-order chi connectivity index (χ1) is 25.0. The van der Waals surface area contributed by atoms with E-state index in [1.54, 1.807) is 47.8 Å². The molecule has 2 aliphatic rings. The Balaban J connectivity index is 1.48. The first kappa shape index (κ1) is 31.7. The number of para-hydroxylation sites is 4. The lowest BCUT2D eigenvalue weighted by molar-refractivity contribution is 0.628. The summed E-state index contributed by atoms with van der Waals surface area (Å²) < 4.78 is 30.7. The van der Waals surface area contributed by atoms with Crippen molar-refractivity contribution in [2.45, 2.75) is 39.3 Å². The van der Waals surface area contributed by atoms with Crippen LogP contribution in [-0.4, -0.2) is 0 Å². The van der Waals surface area contributed by atoms with Gasteiger partial charge in [0.05, 0.1) is 34.1 Å². The molecule has 0 radical (unpaired) electrons. The van der Waals surface area contributed by atoms with E-state index in [4.69, 9.17) is 0 Å². The van der Waals surface area contributed by atoms with Gasteiger partial charge in [-0.2, -0.15) is 0 Å². The molecular formula is C45H32F2N2S2. The Morgan fingerprint density at radius 3 is 1.10 bits per heavy atom. The van der Waals surface area contributed by atoms with Crippen LogP contribution in [0.2, 0.25) is 0 Å². The van der Waals surface area contributed by atoms with Crippen molar-refractivity contribution in [1.82, 2.24) is 0 Å². The maximum Gasteiger partial charge on any atom is 0.123 e. The van der Waals surface area contributed by atoms with Crippen molar-refractivity contribution in [1.29, 1.82) is 0 Å². The van der Waals surface area contributed by atoms with Gasteiger partial charge < -0.3 is 9.80 Å². The molecule has 7 aromatic rings. The topological polar surface area (TPSA) is 6.48 Å². The van der Waals surface area contributed by atoms with E-state index in [-0.39, 0.29) is 17.6 Å². The van der Waals surface area contributed by atoms with E-state index in [2.05, 4.69) is 127 Å². The quantitative estimate of drug-likeness (QED) is 0.176. The molecule has 6 heteroatoms. The highest BCUT2D eigenvalue weighted by Crippen LogP contribution is 2.60. The van der Waals surface area contributed by atoms with Crippen LogP contribution in [-0.2, 0) is 0 Å². The lowest BCUT2D eigenvalue weighted by Crippen LogP contribution is -2.20. The Hall–Kier alpha value is -5.30. The summed E-state index contributed by atoms with van der Waals surface area (Å²) in [7, 11) is 0. The van der Waals surface area contributed by atoms with Gasteiger partial charge in [0.15, 0.2) is 0 Å². The first-order valence-electron chi connectivity index (χ1n) is 17.0. The van der Waals surface area contributed by atoms with Crippen LogP contribution >= 0.6 is 23.5 Å². The third kappa shape index (κ3) is 5.41. The van der Waals surface area contributed by atoms with Crippen LogP contribution in [0.3, 0.4) is 0 Å². The minimum Gasteiger partial charge on any atom is -0.308 e. The van der Waals surface area contributed by atoms with Crippen LogP contribution in [0.25, 0.3) is 22.3 Å². The summed E-state index contributed by atoms with van der Waals surface area (Å²) in [4.78, 5) is 9.20. The second-order valence-electron chi connectivity index (χ2n) is 13.0. The van der Waals surface area contributed by atoms with E-state index >= 15 is 8.78 Å². The second-order valence-corrected chi connectivity index (χ2v) is 15.2. The van der Waals surface area contributed by atoms with Gasteiger partial charge in [0.1, 0.15) is 11.6 Å². The number of hydrogen-bond donors (Lipinski definition) is 0. The predicted molar refractivity (Wildman–Crippen MR) is 209 cm³/mol. The van der Waals surface area contributed by atoms with Crippen molar-refractivity contribution < 1.29 is 8.78 Å². The number of hydrogen-bond acceptors (Lipinski definition) is 4. The molecule has 0 spiro atoms. The first-order valence-corrected chi connectivity index (χ1v) is 18.6. The van der Waals surface area contributed by atoms with Crippen LogP contribution in [0, 0.1) is 11.6 Å². The Bertz CT molecular complexity index is 2220. The molecule has 0 bridgehead atoms. The molecule has 2 nitrogen and oxygen atoms in total. The zero-order valence-corrected chi connectivity index (χ0v) is 29.6. The monoisotopic (exact) mass is 702 g/mol. The highest BCUT2D eigenvalue weighted by atomic mass is 32.2. The summed E-state index contributed by atoms with van der Waals surface area (Å²) in [5.41, 5.74) is 10.4. The van der Waals surface area contributed by atoms with Crippen molar-refractivity contribution in [2.24, 2.45) is 0 Å². The van der Waals surface area contributed by atoms with Gasteiger partial charge in [0, 0.05) is 30.7 Å². The maximum atomic E-state index is 15.3. The number of rotatable bonds is 5. The van der Waals surface area contributed by atoms with Gasteiger partial charge in [0.2, 0.25) is 0 Å². The van der Waals surface area contributed by atoms with E-state index in [9.17, 15) is 0 Å². The largest absolute Gasteiger partial charge is 0.308 e. The molecule has 0 aliphatic carbocycles. The predicted octanol–water partition coefficient (Wildman–Crippen LogP) is 14.3. The lowest BCUT2D eigenvalue weighted by atomic mass is 9.82. The summed E-state index contributed by atoms with van der Waals surface area (Å²) in [6.45, 7) is 4.35. The summed E-state index contributed by atoms with van der Waals surface area (Å²) >= 11 is 3.51. The lowest BCUT2D eigenvalue weighted by Gasteiger charge is -2.39. The Morgan fingerprint density at radius 2 is 0.765 bits per heavy atom. The van der Waals surface area contributed by atoms with Gasteiger partial charge in [-0.15, -0.1) is 0 Å². The molecule has 0 aromatic heterocycles. The van der Waals surface area contributed by atoms with E-state index in [0.29, 0.717) is 0 Å². The number of nitrogens with zero attached hydrogens (tertiary/aromatic N) is 2. The molecule has 0 saturated carbocycles. The normalized spacial score (nSPS) is 13.0. The van der Waals surface area contributed by atoms with Crippen LogP contribution < -0.4 is 9.80 Å². The maximum absolute atomic E-state index is 15.3. The zero-order valence-electron chi connectivity index (χ0n) is 28.0. The summed E-state index contributed by atoms with van der Waals surface area (Å²) in [5.74, 6) is -0.652. The molecule has 0 atom stereocenters. The second kappa shape index (κ2) is 12.8. The average molecular weight is 703 g/mol. The molecule has 0 saturated heterocycles. The molecule has 248 valence electrons. The summed E-state index contributed by atoms with van der Waals surface area (Å²) in [5, 5.41) is 0. The van der Waals surface area contributed by atoms with Gasteiger partial charge in [-0.05, 0) is 101 Å². The average Bonchev–Trinajstić information content (AvgIpc) is 3.15. The fourth-order valence-electron chi connectivity index (χ4n) is 7.43. The van der Waals surface area contributed by atoms with Crippen molar-refractivity contribution >= 4 is 57.6 Å². The minimum absolute atomic E-state index is 0.0328. The molecular weight excluding hydrogens is 671 g/mol. The Labute approximate surface area is 305 Å². The van der Waals surface area contributed by atoms with Crippen molar-refractivity contribution in [3.05, 3.63) is 169 Å². The minimum atomic E-state index is -0.310. The van der Waals surface area contributed by atoms with Crippen molar-refractivity contribution in [3.63, 3.8) is 0 Å². The number of halogens is 2. The molecule has 9 rings (SSSR count). The van der Waals surface area contributed by atoms with Gasteiger partial charge in [-0.25, -0.2) is 8.78 Å². The van der Waals surface area contributed by atoms with Gasteiger partial charge in [0.25, 0.3) is 0 Å². The number of fused-ring (bicyclic) bond motifs is 4. The van der Waals surface area contributed by atoms with Gasteiger partial charge in [-0.3, -0.25) is 0 Å². The van der Waals surface area contributed by atoms with Crippen molar-refractivity contribution in [2.75, 3.05) is 9.80 Å². The Kier molecular flexibility index (Phi) is 7.94. The van der Waals surface area contributed by atoms with E-state index in [1.165, 1.54) is 12.1 Å². The molecule has 51 heavy (non-hydrogen) atoms. The van der Waals surface area contributed by atoms with E-state index in [1.807, 2.05) is 12.1 Å². The van der Waals surface area contributed by atoms with Crippen molar-refractivity contribution in [3.8, 4) is 22.3 Å². The third-order valence-electron chi connectivity index (χ3n) is 9.47. The number of anilines is 6. The molecule has 2 heterocycles. The zero-order chi connectivity index (χ0) is 34.6. The standard InChI is InChI=1S/C45H32F2N2S2/c1-28(2)43-44(29-13-11-15-31(46)25-29)37(48-33-17-3-7-21-39(33)50-40-22-8-4-18-34(40)48)27-38(45(43)30-14-12-16-32(47)26-30)49-35-19-5-9-23-41(35)51-42-24-10-6-20-36(42)49/h3-28H,1-2H3. The molecule has 0 amide bonds. The van der Waals surface area contributed by atoms with Crippen LogP contribution in [0.15, 0.2) is 171 Å². The van der Waals surface area contributed by atoms with Gasteiger partial charge >= 0.3 is 0 Å². The Morgan fingerprint density at radius 1 is 0.412 bits per heavy atom.